The van der Waals surface area contributed by atoms with Gasteiger partial charge in [0.15, 0.2) is 5.11 Å². The van der Waals surface area contributed by atoms with Crippen LogP contribution in [0.25, 0.3) is 0 Å². The van der Waals surface area contributed by atoms with E-state index in [0.717, 1.165) is 5.56 Å². The molecule has 0 saturated heterocycles. The van der Waals surface area contributed by atoms with Gasteiger partial charge in [-0.3, -0.25) is 15.2 Å². The highest BCUT2D eigenvalue weighted by atomic mass is 32.1. The monoisotopic (exact) mass is 271 g/mol. The van der Waals surface area contributed by atoms with Crippen molar-refractivity contribution in [2.75, 3.05) is 6.54 Å². The summed E-state index contributed by atoms with van der Waals surface area (Å²) in [6, 6.07) is 1.91. The maximum atomic E-state index is 12.0. The molecule has 0 aliphatic heterocycles. The van der Waals surface area contributed by atoms with Gasteiger partial charge in [0.05, 0.1) is 4.88 Å². The number of thiophene rings is 1. The summed E-state index contributed by atoms with van der Waals surface area (Å²) >= 11 is 6.32. The lowest BCUT2D eigenvalue weighted by molar-refractivity contribution is 0.0866. The number of carbonyl (C=O) groups is 1. The molecule has 1 rings (SSSR count). The molecule has 0 aliphatic rings. The SMILES string of the molecule is Cc1ccsc1C(=O)NN(CC(C)C)C(N)=S. The summed E-state index contributed by atoms with van der Waals surface area (Å²) in [4.78, 5) is 12.7. The summed E-state index contributed by atoms with van der Waals surface area (Å²) in [7, 11) is 0. The van der Waals surface area contributed by atoms with Gasteiger partial charge >= 0.3 is 0 Å². The number of carbonyl (C=O) groups excluding carboxylic acids is 1. The number of hydrogen-bond acceptors (Lipinski definition) is 3. The highest BCUT2D eigenvalue weighted by Gasteiger charge is 2.15. The molecule has 0 aliphatic carbocycles. The highest BCUT2D eigenvalue weighted by Crippen LogP contribution is 2.15. The molecule has 17 heavy (non-hydrogen) atoms. The number of hydrazine groups is 1. The van der Waals surface area contributed by atoms with E-state index in [-0.39, 0.29) is 11.0 Å². The van der Waals surface area contributed by atoms with Crippen LogP contribution >= 0.6 is 23.6 Å². The fourth-order valence-electron chi connectivity index (χ4n) is 1.33. The predicted molar refractivity (Wildman–Crippen MR) is 74.9 cm³/mol. The summed E-state index contributed by atoms with van der Waals surface area (Å²) in [6.45, 7) is 6.58. The Kier molecular flexibility index (Phi) is 4.89. The third kappa shape index (κ3) is 3.98. The van der Waals surface area contributed by atoms with Crippen LogP contribution in [0.1, 0.15) is 29.1 Å². The molecule has 4 nitrogen and oxygen atoms in total. The first-order valence-electron chi connectivity index (χ1n) is 5.34. The molecule has 0 saturated carbocycles. The topological polar surface area (TPSA) is 58.4 Å². The number of amides is 1. The van der Waals surface area contributed by atoms with E-state index in [4.69, 9.17) is 18.0 Å². The van der Waals surface area contributed by atoms with Gasteiger partial charge in [-0.25, -0.2) is 0 Å². The molecule has 0 unspecified atom stereocenters. The smallest absolute Gasteiger partial charge is 0.280 e. The summed E-state index contributed by atoms with van der Waals surface area (Å²) in [5, 5.41) is 3.58. The second-order valence-electron chi connectivity index (χ2n) is 4.22. The second-order valence-corrected chi connectivity index (χ2v) is 5.55. The Balaban J connectivity index is 2.71. The van der Waals surface area contributed by atoms with Gasteiger partial charge in [0, 0.05) is 6.54 Å². The summed E-state index contributed by atoms with van der Waals surface area (Å²) in [5.41, 5.74) is 9.26. The highest BCUT2D eigenvalue weighted by molar-refractivity contribution is 7.80. The summed E-state index contributed by atoms with van der Waals surface area (Å²) in [5.74, 6) is 0.201. The molecular weight excluding hydrogens is 254 g/mol. The van der Waals surface area contributed by atoms with Crippen LogP contribution < -0.4 is 11.2 Å². The van der Waals surface area contributed by atoms with E-state index >= 15 is 0 Å². The van der Waals surface area contributed by atoms with Crippen molar-refractivity contribution >= 4 is 34.6 Å². The molecule has 1 aromatic rings. The maximum Gasteiger partial charge on any atom is 0.280 e. The van der Waals surface area contributed by atoms with Crippen molar-refractivity contribution in [1.29, 1.82) is 0 Å². The zero-order valence-electron chi connectivity index (χ0n) is 10.2. The predicted octanol–water partition coefficient (Wildman–Crippen LogP) is 1.90. The van der Waals surface area contributed by atoms with Crippen molar-refractivity contribution in [3.8, 4) is 0 Å². The molecule has 94 valence electrons. The second kappa shape index (κ2) is 5.97. The van der Waals surface area contributed by atoms with Gasteiger partial charge in [-0.15, -0.1) is 11.3 Å². The number of nitrogens with zero attached hydrogens (tertiary/aromatic N) is 1. The van der Waals surface area contributed by atoms with E-state index < -0.39 is 0 Å². The molecule has 0 atom stereocenters. The van der Waals surface area contributed by atoms with Crippen LogP contribution in [0.2, 0.25) is 0 Å². The average Bonchev–Trinajstić information content (AvgIpc) is 2.62. The normalized spacial score (nSPS) is 10.4. The summed E-state index contributed by atoms with van der Waals surface area (Å²) < 4.78 is 0. The van der Waals surface area contributed by atoms with Gasteiger partial charge in [0.1, 0.15) is 0 Å². The van der Waals surface area contributed by atoms with Crippen LogP contribution in [0.4, 0.5) is 0 Å². The average molecular weight is 271 g/mol. The summed E-state index contributed by atoms with van der Waals surface area (Å²) in [6.07, 6.45) is 0. The number of nitrogens with one attached hydrogen (secondary N) is 1. The number of rotatable bonds is 3. The molecule has 0 fully saturated rings. The standard InChI is InChI=1S/C11H17N3OS2/c1-7(2)6-14(11(12)16)13-10(15)9-8(3)4-5-17-9/h4-5,7H,6H2,1-3H3,(H2,12,16)(H,13,15). The first-order chi connectivity index (χ1) is 7.91. The maximum absolute atomic E-state index is 12.0. The van der Waals surface area contributed by atoms with E-state index in [2.05, 4.69) is 5.43 Å². The lowest BCUT2D eigenvalue weighted by atomic mass is 10.2. The Labute approximate surface area is 111 Å². The van der Waals surface area contributed by atoms with E-state index in [1.807, 2.05) is 32.2 Å². The Hall–Kier alpha value is -1.14. The van der Waals surface area contributed by atoms with Gasteiger partial charge in [0.25, 0.3) is 5.91 Å². The van der Waals surface area contributed by atoms with Crippen LogP contribution in [0, 0.1) is 12.8 Å². The van der Waals surface area contributed by atoms with E-state index in [9.17, 15) is 4.79 Å². The van der Waals surface area contributed by atoms with E-state index in [1.165, 1.54) is 16.3 Å². The third-order valence-corrected chi connectivity index (χ3v) is 3.35. The first kappa shape index (κ1) is 13.9. The third-order valence-electron chi connectivity index (χ3n) is 2.12. The molecule has 3 N–H and O–H groups in total. The number of thiocarbonyl (C=S) groups is 1. The van der Waals surface area contributed by atoms with Crippen LogP contribution in [0.5, 0.6) is 0 Å². The lowest BCUT2D eigenvalue weighted by Crippen LogP contribution is -2.50. The zero-order valence-corrected chi connectivity index (χ0v) is 11.8. The van der Waals surface area contributed by atoms with E-state index in [1.54, 1.807) is 0 Å². The molecule has 6 heteroatoms. The Morgan fingerprint density at radius 1 is 1.65 bits per heavy atom. The molecule has 1 amide bonds. The molecule has 0 aromatic carbocycles. The minimum atomic E-state index is -0.161. The minimum absolute atomic E-state index is 0.161. The van der Waals surface area contributed by atoms with Gasteiger partial charge in [-0.2, -0.15) is 0 Å². The van der Waals surface area contributed by atoms with Gasteiger partial charge in [0.2, 0.25) is 0 Å². The van der Waals surface area contributed by atoms with Crippen LogP contribution in [-0.2, 0) is 0 Å². The van der Waals surface area contributed by atoms with Gasteiger partial charge in [-0.1, -0.05) is 13.8 Å². The zero-order chi connectivity index (χ0) is 13.0. The van der Waals surface area contributed by atoms with Crippen LogP contribution in [0.3, 0.4) is 0 Å². The Morgan fingerprint density at radius 2 is 2.29 bits per heavy atom. The number of aryl methyl sites for hydroxylation is 1. The number of hydrogen-bond donors (Lipinski definition) is 2. The fraction of sp³-hybridized carbons (Fsp3) is 0.455. The van der Waals surface area contributed by atoms with Gasteiger partial charge in [-0.05, 0) is 42.1 Å². The van der Waals surface area contributed by atoms with Crippen molar-refractivity contribution in [1.82, 2.24) is 10.4 Å². The lowest BCUT2D eigenvalue weighted by Gasteiger charge is -2.24. The molecule has 1 aromatic heterocycles. The fourth-order valence-corrected chi connectivity index (χ4v) is 2.27. The largest absolute Gasteiger partial charge is 0.375 e. The van der Waals surface area contributed by atoms with Crippen molar-refractivity contribution in [3.05, 3.63) is 21.9 Å². The van der Waals surface area contributed by atoms with Gasteiger partial charge < -0.3 is 5.73 Å². The first-order valence-corrected chi connectivity index (χ1v) is 6.62. The molecule has 0 bridgehead atoms. The van der Waals surface area contributed by atoms with Crippen LogP contribution in [-0.4, -0.2) is 22.6 Å². The van der Waals surface area contributed by atoms with Crippen molar-refractivity contribution in [3.63, 3.8) is 0 Å². The van der Waals surface area contributed by atoms with Crippen molar-refractivity contribution < 1.29 is 4.79 Å². The van der Waals surface area contributed by atoms with Crippen LogP contribution in [0.15, 0.2) is 11.4 Å². The molecule has 0 radical (unpaired) electrons. The molecule has 0 spiro atoms. The molecule has 1 heterocycles. The van der Waals surface area contributed by atoms with E-state index in [0.29, 0.717) is 17.3 Å². The number of nitrogens with two attached hydrogens (primary N) is 1. The molecular formula is C11H17N3OS2. The Bertz CT molecular complexity index is 415. The minimum Gasteiger partial charge on any atom is -0.375 e. The quantitative estimate of drug-likeness (QED) is 0.651. The Morgan fingerprint density at radius 3 is 2.71 bits per heavy atom. The van der Waals surface area contributed by atoms with Crippen molar-refractivity contribution in [2.45, 2.75) is 20.8 Å². The van der Waals surface area contributed by atoms with Crippen molar-refractivity contribution in [2.24, 2.45) is 11.7 Å².